The van der Waals surface area contributed by atoms with Crippen LogP contribution in [0, 0.1) is 6.92 Å². The quantitative estimate of drug-likeness (QED) is 0.455. The maximum Gasteiger partial charge on any atom is 0.193 e. The van der Waals surface area contributed by atoms with Crippen LogP contribution < -0.4 is 0 Å². The number of rotatable bonds is 5. The zero-order valence-corrected chi connectivity index (χ0v) is 13.8. The van der Waals surface area contributed by atoms with Gasteiger partial charge in [0.25, 0.3) is 0 Å². The fourth-order valence-electron chi connectivity index (χ4n) is 2.50. The molecule has 0 aliphatic heterocycles. The van der Waals surface area contributed by atoms with Gasteiger partial charge in [-0.25, -0.2) is 0 Å². The Labute approximate surface area is 141 Å². The fraction of sp³-hybridized carbons (Fsp3) is 0.0952. The Morgan fingerprint density at radius 3 is 2.17 bits per heavy atom. The van der Waals surface area contributed by atoms with Gasteiger partial charge in [0.05, 0.1) is 0 Å². The van der Waals surface area contributed by atoms with Crippen LogP contribution in [0.2, 0.25) is 0 Å². The van der Waals surface area contributed by atoms with E-state index in [2.05, 4.69) is 30.3 Å². The number of carbonyl (C=O) groups is 1. The highest BCUT2D eigenvalue weighted by Crippen LogP contribution is 2.29. The second-order valence-electron chi connectivity index (χ2n) is 5.40. The summed E-state index contributed by atoms with van der Waals surface area (Å²) in [4.78, 5) is 13.8. The van der Waals surface area contributed by atoms with E-state index in [1.165, 1.54) is 5.56 Å². The van der Waals surface area contributed by atoms with Crippen LogP contribution in [0.25, 0.3) is 0 Å². The van der Waals surface area contributed by atoms with Crippen LogP contribution in [0.5, 0.6) is 0 Å². The molecule has 0 amide bonds. The lowest BCUT2D eigenvalue weighted by atomic mass is 9.99. The van der Waals surface area contributed by atoms with Gasteiger partial charge in [0.15, 0.2) is 5.78 Å². The first kappa shape index (κ1) is 15.6. The van der Waals surface area contributed by atoms with Crippen molar-refractivity contribution in [3.8, 4) is 0 Å². The Kier molecular flexibility index (Phi) is 4.94. The zero-order chi connectivity index (χ0) is 16.1. The molecule has 0 unspecified atom stereocenters. The summed E-state index contributed by atoms with van der Waals surface area (Å²) in [6.45, 7) is 2.03. The van der Waals surface area contributed by atoms with Crippen LogP contribution in [0.4, 0.5) is 0 Å². The van der Waals surface area contributed by atoms with Crippen molar-refractivity contribution in [1.82, 2.24) is 0 Å². The molecule has 0 radical (unpaired) electrons. The third-order valence-corrected chi connectivity index (χ3v) is 5.03. The van der Waals surface area contributed by atoms with Crippen molar-refractivity contribution < 1.29 is 4.79 Å². The molecule has 3 aromatic rings. The Balaban J connectivity index is 1.82. The van der Waals surface area contributed by atoms with Gasteiger partial charge in [-0.1, -0.05) is 72.8 Å². The Morgan fingerprint density at radius 2 is 1.48 bits per heavy atom. The van der Waals surface area contributed by atoms with Gasteiger partial charge in [-0.15, -0.1) is 11.8 Å². The van der Waals surface area contributed by atoms with Crippen molar-refractivity contribution in [3.63, 3.8) is 0 Å². The molecule has 0 N–H and O–H groups in total. The lowest BCUT2D eigenvalue weighted by Gasteiger charge is -2.10. The molecule has 3 rings (SSSR count). The molecule has 0 saturated heterocycles. The van der Waals surface area contributed by atoms with Crippen LogP contribution in [0.15, 0.2) is 83.8 Å². The van der Waals surface area contributed by atoms with Crippen molar-refractivity contribution in [2.75, 3.05) is 0 Å². The Bertz CT molecular complexity index is 795. The van der Waals surface area contributed by atoms with Crippen molar-refractivity contribution in [2.45, 2.75) is 17.6 Å². The summed E-state index contributed by atoms with van der Waals surface area (Å²) in [6, 6.07) is 25.8. The van der Waals surface area contributed by atoms with Gasteiger partial charge < -0.3 is 0 Å². The minimum atomic E-state index is 0.0882. The molecule has 0 heterocycles. The first-order valence-electron chi connectivity index (χ1n) is 7.62. The minimum Gasteiger partial charge on any atom is -0.289 e. The second kappa shape index (κ2) is 7.30. The van der Waals surface area contributed by atoms with Crippen LogP contribution in [0.1, 0.15) is 27.0 Å². The molecule has 0 aromatic heterocycles. The summed E-state index contributed by atoms with van der Waals surface area (Å²) in [5.74, 6) is 0.996. The maximum absolute atomic E-state index is 12.7. The third-order valence-electron chi connectivity index (χ3n) is 3.80. The maximum atomic E-state index is 12.7. The summed E-state index contributed by atoms with van der Waals surface area (Å²) >= 11 is 1.77. The molecule has 0 atom stereocenters. The summed E-state index contributed by atoms with van der Waals surface area (Å²) in [7, 11) is 0. The Morgan fingerprint density at radius 1 is 0.826 bits per heavy atom. The molecule has 0 fully saturated rings. The van der Waals surface area contributed by atoms with E-state index < -0.39 is 0 Å². The minimum absolute atomic E-state index is 0.0882. The smallest absolute Gasteiger partial charge is 0.193 e. The normalized spacial score (nSPS) is 10.5. The average molecular weight is 318 g/mol. The van der Waals surface area contributed by atoms with Crippen molar-refractivity contribution in [1.29, 1.82) is 0 Å². The topological polar surface area (TPSA) is 17.1 Å². The number of ketones is 1. The van der Waals surface area contributed by atoms with Gasteiger partial charge in [-0.05, 0) is 24.1 Å². The van der Waals surface area contributed by atoms with Crippen molar-refractivity contribution in [3.05, 3.63) is 101 Å². The molecule has 2 heteroatoms. The monoisotopic (exact) mass is 318 g/mol. The highest BCUT2D eigenvalue weighted by molar-refractivity contribution is 7.98. The molecular formula is C21H18OS. The molecule has 1 nitrogen and oxygen atoms in total. The number of thioether (sulfide) groups is 1. The van der Waals surface area contributed by atoms with Gasteiger partial charge in [-0.3, -0.25) is 4.79 Å². The highest BCUT2D eigenvalue weighted by Gasteiger charge is 2.13. The third kappa shape index (κ3) is 3.72. The average Bonchev–Trinajstić information content (AvgIpc) is 2.62. The second-order valence-corrected chi connectivity index (χ2v) is 6.42. The summed E-state index contributed by atoms with van der Waals surface area (Å²) in [5.41, 5.74) is 3.87. The fourth-order valence-corrected chi connectivity index (χ4v) is 3.51. The van der Waals surface area contributed by atoms with Gasteiger partial charge in [0.1, 0.15) is 0 Å². The molecule has 23 heavy (non-hydrogen) atoms. The summed E-state index contributed by atoms with van der Waals surface area (Å²) in [6.07, 6.45) is 0. The summed E-state index contributed by atoms with van der Waals surface area (Å²) < 4.78 is 0. The SMILES string of the molecule is Cc1c(SCc2ccccc2)cccc1C(=O)c1ccccc1. The number of hydrogen-bond acceptors (Lipinski definition) is 2. The van der Waals surface area contributed by atoms with Gasteiger partial charge >= 0.3 is 0 Å². The van der Waals surface area contributed by atoms with E-state index in [1.807, 2.05) is 55.5 Å². The van der Waals surface area contributed by atoms with E-state index >= 15 is 0 Å². The molecule has 3 aromatic carbocycles. The van der Waals surface area contributed by atoms with E-state index in [1.54, 1.807) is 11.8 Å². The molecule has 0 aliphatic carbocycles. The van der Waals surface area contributed by atoms with Crippen LogP contribution in [0.3, 0.4) is 0 Å². The molecule has 0 aliphatic rings. The van der Waals surface area contributed by atoms with Gasteiger partial charge in [-0.2, -0.15) is 0 Å². The van der Waals surface area contributed by atoms with E-state index in [0.717, 1.165) is 27.3 Å². The predicted octanol–water partition coefficient (Wildman–Crippen LogP) is 5.52. The van der Waals surface area contributed by atoms with Crippen molar-refractivity contribution in [2.24, 2.45) is 0 Å². The predicted molar refractivity (Wildman–Crippen MR) is 97.1 cm³/mol. The Hall–Kier alpha value is -2.32. The molecule has 0 spiro atoms. The lowest BCUT2D eigenvalue weighted by Crippen LogP contribution is -2.04. The van der Waals surface area contributed by atoms with E-state index in [4.69, 9.17) is 0 Å². The number of benzene rings is 3. The first-order chi connectivity index (χ1) is 11.3. The van der Waals surface area contributed by atoms with E-state index in [9.17, 15) is 4.79 Å². The molecule has 114 valence electrons. The first-order valence-corrected chi connectivity index (χ1v) is 8.60. The zero-order valence-electron chi connectivity index (χ0n) is 13.0. The van der Waals surface area contributed by atoms with E-state index in [0.29, 0.717) is 0 Å². The van der Waals surface area contributed by atoms with E-state index in [-0.39, 0.29) is 5.78 Å². The standard InChI is InChI=1S/C21H18OS/c1-16-19(21(22)18-11-6-3-7-12-18)13-8-14-20(16)23-15-17-9-4-2-5-10-17/h2-14H,15H2,1H3. The largest absolute Gasteiger partial charge is 0.289 e. The van der Waals surface area contributed by atoms with Crippen LogP contribution >= 0.6 is 11.8 Å². The molecular weight excluding hydrogens is 300 g/mol. The number of carbonyl (C=O) groups excluding carboxylic acids is 1. The number of hydrogen-bond donors (Lipinski definition) is 0. The highest BCUT2D eigenvalue weighted by atomic mass is 32.2. The molecule has 0 saturated carbocycles. The summed E-state index contributed by atoms with van der Waals surface area (Å²) in [5, 5.41) is 0. The van der Waals surface area contributed by atoms with Gasteiger partial charge in [0, 0.05) is 21.8 Å². The molecule has 0 bridgehead atoms. The van der Waals surface area contributed by atoms with Crippen molar-refractivity contribution >= 4 is 17.5 Å². The van der Waals surface area contributed by atoms with Crippen LogP contribution in [-0.2, 0) is 5.75 Å². The van der Waals surface area contributed by atoms with Gasteiger partial charge in [0.2, 0.25) is 0 Å². The van der Waals surface area contributed by atoms with Crippen LogP contribution in [-0.4, -0.2) is 5.78 Å². The lowest BCUT2D eigenvalue weighted by molar-refractivity contribution is 0.103.